The number of carbonyl (C=O) groups excluding carboxylic acids is 2. The number of likely N-dealkylation sites (tertiary alicyclic amines) is 1. The van der Waals surface area contributed by atoms with Crippen molar-refractivity contribution < 1.29 is 32.3 Å². The molecule has 1 saturated heterocycles. The van der Waals surface area contributed by atoms with Crippen LogP contribution in [0.3, 0.4) is 0 Å². The molecule has 2 rings (SSSR count). The minimum atomic E-state index is -4.50. The predicted octanol–water partition coefficient (Wildman–Crippen LogP) is 1.01. The first-order valence-corrected chi connectivity index (χ1v) is 6.97. The van der Waals surface area contributed by atoms with E-state index in [0.29, 0.717) is 4.90 Å². The summed E-state index contributed by atoms with van der Waals surface area (Å²) in [6.45, 7) is -0.391. The Kier molecular flexibility index (Phi) is 4.69. The molecule has 9 heteroatoms. The van der Waals surface area contributed by atoms with Crippen molar-refractivity contribution in [3.05, 3.63) is 24.2 Å². The molecule has 0 aromatic carbocycles. The normalized spacial score (nSPS) is 21.3. The number of furan rings is 1. The molecular formula is C14H17F3N2O4. The highest BCUT2D eigenvalue weighted by molar-refractivity contribution is 5.89. The standard InChI is InChI=1S/C14H17F3N2O4/c1-13(22,10-3-2-4-23-10)7-18-12(21)9-5-11(20)19(6-9)8-14(15,16)17/h2-4,9,22H,5-8H2,1H3,(H,18,21). The van der Waals surface area contributed by atoms with E-state index < -0.39 is 36.1 Å². The zero-order chi connectivity index (χ0) is 17.3. The first-order valence-electron chi connectivity index (χ1n) is 6.97. The van der Waals surface area contributed by atoms with Gasteiger partial charge in [-0.1, -0.05) is 0 Å². The van der Waals surface area contributed by atoms with Crippen molar-refractivity contribution in [2.24, 2.45) is 5.92 Å². The molecule has 6 nitrogen and oxygen atoms in total. The second kappa shape index (κ2) is 6.23. The topological polar surface area (TPSA) is 82.8 Å². The lowest BCUT2D eigenvalue weighted by Gasteiger charge is -2.22. The number of alkyl halides is 3. The highest BCUT2D eigenvalue weighted by Gasteiger charge is 2.41. The fourth-order valence-electron chi connectivity index (χ4n) is 2.39. The van der Waals surface area contributed by atoms with E-state index in [4.69, 9.17) is 4.42 Å². The van der Waals surface area contributed by atoms with Gasteiger partial charge in [-0.3, -0.25) is 9.59 Å². The molecule has 2 N–H and O–H groups in total. The second-order valence-corrected chi connectivity index (χ2v) is 5.76. The van der Waals surface area contributed by atoms with Gasteiger partial charge in [0.1, 0.15) is 17.9 Å². The third-order valence-corrected chi connectivity index (χ3v) is 3.61. The van der Waals surface area contributed by atoms with Crippen molar-refractivity contribution in [1.29, 1.82) is 0 Å². The number of carbonyl (C=O) groups is 2. The average Bonchev–Trinajstić information content (AvgIpc) is 3.06. The van der Waals surface area contributed by atoms with Gasteiger partial charge in [0.2, 0.25) is 11.8 Å². The van der Waals surface area contributed by atoms with Gasteiger partial charge in [-0.2, -0.15) is 13.2 Å². The fourth-order valence-corrected chi connectivity index (χ4v) is 2.39. The third-order valence-electron chi connectivity index (χ3n) is 3.61. The van der Waals surface area contributed by atoms with Crippen molar-refractivity contribution in [2.75, 3.05) is 19.6 Å². The molecule has 0 bridgehead atoms. The summed E-state index contributed by atoms with van der Waals surface area (Å²) < 4.78 is 42.1. The van der Waals surface area contributed by atoms with Gasteiger partial charge < -0.3 is 19.7 Å². The molecule has 2 unspecified atom stereocenters. The van der Waals surface area contributed by atoms with Crippen LogP contribution < -0.4 is 5.32 Å². The molecule has 1 aliphatic heterocycles. The Morgan fingerprint density at radius 2 is 2.22 bits per heavy atom. The summed E-state index contributed by atoms with van der Waals surface area (Å²) in [4.78, 5) is 24.2. The van der Waals surface area contributed by atoms with Crippen LogP contribution in [0, 0.1) is 5.92 Å². The molecule has 1 aromatic rings. The van der Waals surface area contributed by atoms with Crippen LogP contribution in [0.4, 0.5) is 13.2 Å². The van der Waals surface area contributed by atoms with E-state index in [0.717, 1.165) is 0 Å². The monoisotopic (exact) mass is 334 g/mol. The zero-order valence-corrected chi connectivity index (χ0v) is 12.4. The Bertz CT molecular complexity index is 569. The molecular weight excluding hydrogens is 317 g/mol. The van der Waals surface area contributed by atoms with Crippen molar-refractivity contribution in [3.8, 4) is 0 Å². The Hall–Kier alpha value is -2.03. The average molecular weight is 334 g/mol. The number of nitrogens with one attached hydrogen (secondary N) is 1. The van der Waals surface area contributed by atoms with Crippen molar-refractivity contribution >= 4 is 11.8 Å². The Labute approximate surface area is 130 Å². The molecule has 0 radical (unpaired) electrons. The van der Waals surface area contributed by atoms with Crippen LogP contribution in [0.25, 0.3) is 0 Å². The van der Waals surface area contributed by atoms with Gasteiger partial charge in [0, 0.05) is 13.0 Å². The first-order chi connectivity index (χ1) is 10.6. The lowest BCUT2D eigenvalue weighted by atomic mass is 10.0. The highest BCUT2D eigenvalue weighted by atomic mass is 19.4. The fraction of sp³-hybridized carbons (Fsp3) is 0.571. The molecule has 128 valence electrons. The van der Waals surface area contributed by atoms with Crippen LogP contribution in [0.2, 0.25) is 0 Å². The summed E-state index contributed by atoms with van der Waals surface area (Å²) >= 11 is 0. The maximum atomic E-state index is 12.3. The van der Waals surface area contributed by atoms with Gasteiger partial charge in [-0.25, -0.2) is 0 Å². The molecule has 1 aliphatic rings. The van der Waals surface area contributed by atoms with E-state index in [-0.39, 0.29) is 25.3 Å². The first kappa shape index (κ1) is 17.3. The van der Waals surface area contributed by atoms with Crippen LogP contribution in [0.15, 0.2) is 22.8 Å². The number of hydrogen-bond donors (Lipinski definition) is 2. The summed E-state index contributed by atoms with van der Waals surface area (Å²) in [6.07, 6.45) is -3.40. The van der Waals surface area contributed by atoms with Gasteiger partial charge in [-0.15, -0.1) is 0 Å². The number of nitrogens with zero attached hydrogens (tertiary/aromatic N) is 1. The maximum Gasteiger partial charge on any atom is 0.406 e. The van der Waals surface area contributed by atoms with Crippen molar-refractivity contribution in [2.45, 2.75) is 25.1 Å². The molecule has 0 saturated carbocycles. The number of hydrogen-bond acceptors (Lipinski definition) is 4. The summed E-state index contributed by atoms with van der Waals surface area (Å²) in [5, 5.41) is 12.6. The Morgan fingerprint density at radius 1 is 1.52 bits per heavy atom. The lowest BCUT2D eigenvalue weighted by molar-refractivity contribution is -0.157. The summed E-state index contributed by atoms with van der Waals surface area (Å²) in [5.74, 6) is -1.90. The summed E-state index contributed by atoms with van der Waals surface area (Å²) in [6, 6.07) is 3.12. The molecule has 0 spiro atoms. The van der Waals surface area contributed by atoms with Gasteiger partial charge in [0.25, 0.3) is 0 Å². The zero-order valence-electron chi connectivity index (χ0n) is 12.4. The molecule has 2 atom stereocenters. The van der Waals surface area contributed by atoms with Crippen LogP contribution in [-0.2, 0) is 15.2 Å². The van der Waals surface area contributed by atoms with Crippen LogP contribution in [0.1, 0.15) is 19.1 Å². The predicted molar refractivity (Wildman–Crippen MR) is 72.0 cm³/mol. The molecule has 0 aliphatic carbocycles. The quantitative estimate of drug-likeness (QED) is 0.842. The van der Waals surface area contributed by atoms with Crippen molar-refractivity contribution in [3.63, 3.8) is 0 Å². The summed E-state index contributed by atoms with van der Waals surface area (Å²) in [5.41, 5.74) is -1.45. The number of halogens is 3. The molecule has 2 amide bonds. The minimum Gasteiger partial charge on any atom is -0.466 e. The minimum absolute atomic E-state index is 0.177. The lowest BCUT2D eigenvalue weighted by Crippen LogP contribution is -2.42. The van der Waals surface area contributed by atoms with E-state index in [1.165, 1.54) is 19.3 Å². The van der Waals surface area contributed by atoms with E-state index in [2.05, 4.69) is 5.32 Å². The van der Waals surface area contributed by atoms with Crippen LogP contribution in [0.5, 0.6) is 0 Å². The smallest absolute Gasteiger partial charge is 0.406 e. The Morgan fingerprint density at radius 3 is 2.78 bits per heavy atom. The molecule has 1 fully saturated rings. The molecule has 1 aromatic heterocycles. The van der Waals surface area contributed by atoms with E-state index in [1.807, 2.05) is 0 Å². The van der Waals surface area contributed by atoms with Gasteiger partial charge in [-0.05, 0) is 19.1 Å². The SMILES string of the molecule is CC(O)(CNC(=O)C1CC(=O)N(CC(F)(F)F)C1)c1ccco1. The second-order valence-electron chi connectivity index (χ2n) is 5.76. The Balaban J connectivity index is 1.88. The number of rotatable bonds is 5. The van der Waals surface area contributed by atoms with E-state index >= 15 is 0 Å². The van der Waals surface area contributed by atoms with Gasteiger partial charge >= 0.3 is 6.18 Å². The van der Waals surface area contributed by atoms with Crippen molar-refractivity contribution in [1.82, 2.24) is 10.2 Å². The number of amides is 2. The van der Waals surface area contributed by atoms with Gasteiger partial charge in [0.15, 0.2) is 0 Å². The van der Waals surface area contributed by atoms with Crippen LogP contribution >= 0.6 is 0 Å². The third kappa shape index (κ3) is 4.47. The van der Waals surface area contributed by atoms with E-state index in [1.54, 1.807) is 6.07 Å². The van der Waals surface area contributed by atoms with Gasteiger partial charge in [0.05, 0.1) is 18.7 Å². The maximum absolute atomic E-state index is 12.3. The molecule has 23 heavy (non-hydrogen) atoms. The highest BCUT2D eigenvalue weighted by Crippen LogP contribution is 2.24. The van der Waals surface area contributed by atoms with E-state index in [9.17, 15) is 27.9 Å². The summed E-state index contributed by atoms with van der Waals surface area (Å²) in [7, 11) is 0. The largest absolute Gasteiger partial charge is 0.466 e. The number of aliphatic hydroxyl groups is 1. The molecule has 2 heterocycles. The van der Waals surface area contributed by atoms with Crippen LogP contribution in [-0.4, -0.2) is 47.6 Å².